The lowest BCUT2D eigenvalue weighted by atomic mass is 9.94. The van der Waals surface area contributed by atoms with Crippen molar-refractivity contribution in [1.82, 2.24) is 5.32 Å². The van der Waals surface area contributed by atoms with Crippen molar-refractivity contribution in [2.75, 3.05) is 7.11 Å². The Labute approximate surface area is 144 Å². The van der Waals surface area contributed by atoms with Gasteiger partial charge in [0.05, 0.1) is 13.2 Å². The maximum Gasteiger partial charge on any atom is 0.161 e. The number of fused-ring (bicyclic) bond motifs is 1. The summed E-state index contributed by atoms with van der Waals surface area (Å²) in [7, 11) is 1.69. The summed E-state index contributed by atoms with van der Waals surface area (Å²) in [6, 6.07) is 8.64. The van der Waals surface area contributed by atoms with Crippen LogP contribution in [0.2, 0.25) is 0 Å². The molecule has 1 aromatic carbocycles. The Morgan fingerprint density at radius 1 is 1.25 bits per heavy atom. The maximum atomic E-state index is 12.4. The van der Waals surface area contributed by atoms with Crippen LogP contribution in [0, 0.1) is 23.2 Å². The molecule has 3 aliphatic carbocycles. The lowest BCUT2D eigenvalue weighted by Gasteiger charge is -2.23. The molecule has 3 aliphatic rings. The zero-order valence-corrected chi connectivity index (χ0v) is 15.1. The van der Waals surface area contributed by atoms with E-state index in [0.717, 1.165) is 23.4 Å². The van der Waals surface area contributed by atoms with Crippen molar-refractivity contribution in [1.29, 1.82) is 0 Å². The molecule has 0 amide bonds. The smallest absolute Gasteiger partial charge is 0.161 e. The molecule has 0 heterocycles. The Kier molecular flexibility index (Phi) is 3.52. The van der Waals surface area contributed by atoms with Crippen LogP contribution in [-0.2, 0) is 4.79 Å². The van der Waals surface area contributed by atoms with E-state index in [2.05, 4.69) is 38.2 Å². The predicted octanol–water partition coefficient (Wildman–Crippen LogP) is 4.25. The van der Waals surface area contributed by atoms with Crippen LogP contribution in [0.25, 0.3) is 0 Å². The van der Waals surface area contributed by atoms with Crippen LogP contribution in [0.5, 0.6) is 5.75 Å². The predicted molar refractivity (Wildman–Crippen MR) is 94.7 cm³/mol. The molecular formula is C21H27NO2. The molecular weight excluding hydrogens is 298 g/mol. The van der Waals surface area contributed by atoms with E-state index in [1.807, 2.05) is 12.1 Å². The lowest BCUT2D eigenvalue weighted by molar-refractivity contribution is -0.115. The molecule has 0 saturated heterocycles. The fourth-order valence-corrected chi connectivity index (χ4v) is 4.65. The molecule has 3 atom stereocenters. The van der Waals surface area contributed by atoms with Crippen LogP contribution in [0.4, 0.5) is 0 Å². The van der Waals surface area contributed by atoms with Crippen LogP contribution in [0.1, 0.15) is 51.6 Å². The second kappa shape index (κ2) is 5.37. The van der Waals surface area contributed by atoms with Gasteiger partial charge in [-0.15, -0.1) is 0 Å². The largest absolute Gasteiger partial charge is 0.497 e. The first-order chi connectivity index (χ1) is 11.4. The highest BCUT2D eigenvalue weighted by atomic mass is 16.5. The first-order valence-electron chi connectivity index (χ1n) is 9.08. The molecule has 3 fully saturated rings. The standard InChI is InChI=1S/C21H27NO2/c1-12(18-17(23)11-16-19(18)21(16,2)3)22-20(13-5-6-13)14-7-9-15(24-4)10-8-14/h7-10,13,16,19-20,22H,5-6,11H2,1-4H3. The Hall–Kier alpha value is -1.77. The van der Waals surface area contributed by atoms with Gasteiger partial charge in [0.1, 0.15) is 5.75 Å². The van der Waals surface area contributed by atoms with Gasteiger partial charge < -0.3 is 10.1 Å². The minimum absolute atomic E-state index is 0.303. The first-order valence-corrected chi connectivity index (χ1v) is 9.08. The van der Waals surface area contributed by atoms with Gasteiger partial charge in [0.25, 0.3) is 0 Å². The Morgan fingerprint density at radius 2 is 1.92 bits per heavy atom. The van der Waals surface area contributed by atoms with E-state index in [9.17, 15) is 4.79 Å². The molecule has 0 radical (unpaired) electrons. The number of nitrogens with one attached hydrogen (secondary N) is 1. The highest BCUT2D eigenvalue weighted by Crippen LogP contribution is 2.68. The molecule has 0 aliphatic heterocycles. The topological polar surface area (TPSA) is 38.3 Å². The Balaban J connectivity index is 1.59. The van der Waals surface area contributed by atoms with E-state index in [-0.39, 0.29) is 0 Å². The monoisotopic (exact) mass is 325 g/mol. The van der Waals surface area contributed by atoms with Crippen molar-refractivity contribution in [3.63, 3.8) is 0 Å². The first kappa shape index (κ1) is 15.7. The van der Waals surface area contributed by atoms with Gasteiger partial charge in [-0.05, 0) is 60.6 Å². The second-order valence-corrected chi connectivity index (χ2v) is 8.30. The van der Waals surface area contributed by atoms with Gasteiger partial charge in [-0.3, -0.25) is 4.79 Å². The van der Waals surface area contributed by atoms with E-state index in [1.165, 1.54) is 18.4 Å². The van der Waals surface area contributed by atoms with Crippen LogP contribution in [0.3, 0.4) is 0 Å². The average Bonchev–Trinajstić information content (AvgIpc) is 3.44. The third kappa shape index (κ3) is 2.45. The number of methoxy groups -OCH3 is 1. The summed E-state index contributed by atoms with van der Waals surface area (Å²) >= 11 is 0. The molecule has 0 aromatic heterocycles. The molecule has 0 bridgehead atoms. The van der Waals surface area contributed by atoms with Gasteiger partial charge in [0, 0.05) is 17.7 Å². The molecule has 3 nitrogen and oxygen atoms in total. The zero-order valence-electron chi connectivity index (χ0n) is 15.1. The van der Waals surface area contributed by atoms with Crippen LogP contribution in [-0.4, -0.2) is 12.9 Å². The SMILES string of the molecule is COc1ccc(C(NC(C)=C2C(=O)CC3C2C3(C)C)C2CC2)cc1. The Bertz CT molecular complexity index is 697. The van der Waals surface area contributed by atoms with Gasteiger partial charge in [-0.2, -0.15) is 0 Å². The number of carbonyl (C=O) groups excluding carboxylic acids is 1. The summed E-state index contributed by atoms with van der Waals surface area (Å²) in [6.07, 6.45) is 3.26. The van der Waals surface area contributed by atoms with Crippen molar-refractivity contribution in [2.24, 2.45) is 23.2 Å². The van der Waals surface area contributed by atoms with E-state index in [4.69, 9.17) is 4.74 Å². The van der Waals surface area contributed by atoms with E-state index in [0.29, 0.717) is 35.0 Å². The fourth-order valence-electron chi connectivity index (χ4n) is 4.65. The summed E-state index contributed by atoms with van der Waals surface area (Å²) < 4.78 is 5.27. The van der Waals surface area contributed by atoms with Crippen molar-refractivity contribution in [2.45, 2.75) is 46.1 Å². The summed E-state index contributed by atoms with van der Waals surface area (Å²) in [5.74, 6) is 2.95. The summed E-state index contributed by atoms with van der Waals surface area (Å²) in [4.78, 5) is 12.4. The van der Waals surface area contributed by atoms with Gasteiger partial charge >= 0.3 is 0 Å². The molecule has 3 heteroatoms. The van der Waals surface area contributed by atoms with Crippen molar-refractivity contribution < 1.29 is 9.53 Å². The van der Waals surface area contributed by atoms with Gasteiger partial charge in [-0.25, -0.2) is 0 Å². The maximum absolute atomic E-state index is 12.4. The van der Waals surface area contributed by atoms with Crippen molar-refractivity contribution in [3.05, 3.63) is 41.1 Å². The summed E-state index contributed by atoms with van der Waals surface area (Å²) in [5, 5.41) is 3.72. The summed E-state index contributed by atoms with van der Waals surface area (Å²) in [6.45, 7) is 6.69. The number of rotatable bonds is 5. The van der Waals surface area contributed by atoms with Crippen LogP contribution >= 0.6 is 0 Å². The second-order valence-electron chi connectivity index (χ2n) is 8.30. The van der Waals surface area contributed by atoms with E-state index < -0.39 is 0 Å². The number of hydrogen-bond acceptors (Lipinski definition) is 3. The minimum atomic E-state index is 0.303. The fraction of sp³-hybridized carbons (Fsp3) is 0.571. The highest BCUT2D eigenvalue weighted by Gasteiger charge is 2.65. The Morgan fingerprint density at radius 3 is 2.46 bits per heavy atom. The number of ketones is 1. The number of ether oxygens (including phenoxy) is 1. The van der Waals surface area contributed by atoms with Gasteiger partial charge in [0.2, 0.25) is 0 Å². The third-order valence-corrected chi connectivity index (χ3v) is 6.41. The average molecular weight is 325 g/mol. The van der Waals surface area contributed by atoms with Crippen LogP contribution < -0.4 is 10.1 Å². The molecule has 1 N–H and O–H groups in total. The molecule has 128 valence electrons. The van der Waals surface area contributed by atoms with Crippen LogP contribution in [0.15, 0.2) is 35.5 Å². The molecule has 1 aromatic rings. The van der Waals surface area contributed by atoms with E-state index in [1.54, 1.807) is 7.11 Å². The van der Waals surface area contributed by atoms with Gasteiger partial charge in [-0.1, -0.05) is 26.0 Å². The molecule has 0 spiro atoms. The normalized spacial score (nSPS) is 30.6. The number of carbonyl (C=O) groups is 1. The molecule has 24 heavy (non-hydrogen) atoms. The quantitative estimate of drug-likeness (QED) is 0.822. The molecule has 3 unspecified atom stereocenters. The highest BCUT2D eigenvalue weighted by molar-refractivity contribution is 6.01. The zero-order chi connectivity index (χ0) is 17.1. The third-order valence-electron chi connectivity index (χ3n) is 6.41. The number of allylic oxidation sites excluding steroid dienone is 2. The molecule has 3 saturated carbocycles. The number of hydrogen-bond donors (Lipinski definition) is 1. The van der Waals surface area contributed by atoms with E-state index >= 15 is 0 Å². The number of benzene rings is 1. The van der Waals surface area contributed by atoms with Gasteiger partial charge in [0.15, 0.2) is 5.78 Å². The number of Topliss-reactive ketones (excluding diaryl/α,β-unsaturated/α-hetero) is 1. The van der Waals surface area contributed by atoms with Crippen molar-refractivity contribution >= 4 is 5.78 Å². The molecule has 4 rings (SSSR count). The minimum Gasteiger partial charge on any atom is -0.497 e. The summed E-state index contributed by atoms with van der Waals surface area (Å²) in [5.41, 5.74) is 3.77. The lowest BCUT2D eigenvalue weighted by Crippen LogP contribution is -2.24. The van der Waals surface area contributed by atoms with Crippen molar-refractivity contribution in [3.8, 4) is 5.75 Å².